The highest BCUT2D eigenvalue weighted by molar-refractivity contribution is 8.00. The number of thioether (sulfide) groups is 1. The maximum atomic E-state index is 5.93. The molecule has 1 aliphatic rings. The summed E-state index contributed by atoms with van der Waals surface area (Å²) in [6.45, 7) is 2.87. The van der Waals surface area contributed by atoms with Crippen LogP contribution in [0, 0.1) is 6.92 Å². The maximum Gasteiger partial charge on any atom is 0.122 e. The molecule has 0 spiro atoms. The van der Waals surface area contributed by atoms with Crippen LogP contribution in [0.25, 0.3) is 0 Å². The van der Waals surface area contributed by atoms with E-state index in [4.69, 9.17) is 4.74 Å². The average molecular weight is 256 g/mol. The van der Waals surface area contributed by atoms with Gasteiger partial charge in [0, 0.05) is 10.1 Å². The predicted octanol–water partition coefficient (Wildman–Crippen LogP) is 4.09. The highest BCUT2D eigenvalue weighted by Gasteiger charge is 2.22. The van der Waals surface area contributed by atoms with E-state index in [0.29, 0.717) is 5.25 Å². The minimum atomic E-state index is 0.544. The zero-order chi connectivity index (χ0) is 12.4. The van der Waals surface area contributed by atoms with E-state index in [9.17, 15) is 0 Å². The smallest absolute Gasteiger partial charge is 0.122 e. The Balaban J connectivity index is 1.62. The van der Waals surface area contributed by atoms with Crippen molar-refractivity contribution in [2.45, 2.75) is 23.5 Å². The predicted molar refractivity (Wildman–Crippen MR) is 76.5 cm³/mol. The van der Waals surface area contributed by atoms with Crippen LogP contribution in [0.1, 0.15) is 11.1 Å². The van der Waals surface area contributed by atoms with Crippen molar-refractivity contribution in [3.05, 3.63) is 59.7 Å². The van der Waals surface area contributed by atoms with E-state index < -0.39 is 0 Å². The number of ether oxygens (including phenoxy) is 1. The first-order valence-corrected chi connectivity index (χ1v) is 7.14. The lowest BCUT2D eigenvalue weighted by Gasteiger charge is -2.12. The first kappa shape index (κ1) is 11.7. The van der Waals surface area contributed by atoms with E-state index >= 15 is 0 Å². The Morgan fingerprint density at radius 1 is 1.11 bits per heavy atom. The second kappa shape index (κ2) is 5.07. The third-order valence-corrected chi connectivity index (χ3v) is 4.52. The van der Waals surface area contributed by atoms with Crippen molar-refractivity contribution < 1.29 is 4.74 Å². The highest BCUT2D eigenvalue weighted by Crippen LogP contribution is 2.37. The quantitative estimate of drug-likeness (QED) is 0.818. The average Bonchev–Trinajstić information content (AvgIpc) is 2.80. The molecule has 0 saturated heterocycles. The molecule has 1 atom stereocenters. The Morgan fingerprint density at radius 3 is 2.72 bits per heavy atom. The normalized spacial score (nSPS) is 17.5. The lowest BCUT2D eigenvalue weighted by molar-refractivity contribution is 0.315. The molecule has 0 amide bonds. The summed E-state index contributed by atoms with van der Waals surface area (Å²) in [5.41, 5.74) is 2.67. The second-order valence-electron chi connectivity index (χ2n) is 4.63. The van der Waals surface area contributed by atoms with Gasteiger partial charge in [0.2, 0.25) is 0 Å². The van der Waals surface area contributed by atoms with Crippen molar-refractivity contribution in [2.75, 3.05) is 6.61 Å². The lowest BCUT2D eigenvalue weighted by Crippen LogP contribution is -2.13. The van der Waals surface area contributed by atoms with Gasteiger partial charge in [-0.2, -0.15) is 0 Å². The number of aryl methyl sites for hydroxylation is 1. The molecule has 18 heavy (non-hydrogen) atoms. The lowest BCUT2D eigenvalue weighted by atomic mass is 10.1. The van der Waals surface area contributed by atoms with Crippen LogP contribution in [0.3, 0.4) is 0 Å². The minimum absolute atomic E-state index is 0.544. The molecule has 1 unspecified atom stereocenters. The van der Waals surface area contributed by atoms with Gasteiger partial charge in [-0.1, -0.05) is 36.4 Å². The molecule has 0 aliphatic carbocycles. The maximum absolute atomic E-state index is 5.93. The molecule has 0 aromatic heterocycles. The van der Waals surface area contributed by atoms with Crippen molar-refractivity contribution in [3.63, 3.8) is 0 Å². The molecule has 1 nitrogen and oxygen atoms in total. The third kappa shape index (κ3) is 2.39. The summed E-state index contributed by atoms with van der Waals surface area (Å²) >= 11 is 1.94. The molecule has 2 aromatic rings. The van der Waals surface area contributed by atoms with Gasteiger partial charge in [0.25, 0.3) is 0 Å². The Labute approximate surface area is 112 Å². The molecule has 2 heteroatoms. The first-order valence-electron chi connectivity index (χ1n) is 6.26. The van der Waals surface area contributed by atoms with E-state index in [2.05, 4.69) is 37.3 Å². The number of hydrogen-bond donors (Lipinski definition) is 0. The van der Waals surface area contributed by atoms with Crippen LogP contribution in [0.2, 0.25) is 0 Å². The van der Waals surface area contributed by atoms with Gasteiger partial charge in [-0.25, -0.2) is 0 Å². The molecule has 0 saturated carbocycles. The largest absolute Gasteiger partial charge is 0.492 e. The van der Waals surface area contributed by atoms with Crippen molar-refractivity contribution >= 4 is 11.8 Å². The van der Waals surface area contributed by atoms with Crippen molar-refractivity contribution in [2.24, 2.45) is 0 Å². The van der Waals surface area contributed by atoms with Crippen LogP contribution in [-0.4, -0.2) is 11.9 Å². The summed E-state index contributed by atoms with van der Waals surface area (Å²) in [5.74, 6) is 1.01. The zero-order valence-electron chi connectivity index (χ0n) is 10.4. The van der Waals surface area contributed by atoms with Gasteiger partial charge in [0.1, 0.15) is 12.4 Å². The molecule has 0 radical (unpaired) electrons. The molecule has 1 heterocycles. The Kier molecular flexibility index (Phi) is 3.28. The van der Waals surface area contributed by atoms with Crippen LogP contribution in [-0.2, 0) is 6.42 Å². The molecule has 92 valence electrons. The molecular weight excluding hydrogens is 240 g/mol. The molecule has 2 aromatic carbocycles. The van der Waals surface area contributed by atoms with Gasteiger partial charge in [0.15, 0.2) is 0 Å². The topological polar surface area (TPSA) is 9.23 Å². The summed E-state index contributed by atoms with van der Waals surface area (Å²) in [6, 6.07) is 16.8. The van der Waals surface area contributed by atoms with E-state index in [0.717, 1.165) is 18.8 Å². The van der Waals surface area contributed by atoms with Gasteiger partial charge in [-0.05, 0) is 36.6 Å². The highest BCUT2D eigenvalue weighted by atomic mass is 32.2. The van der Waals surface area contributed by atoms with Crippen LogP contribution in [0.4, 0.5) is 0 Å². The molecule has 0 bridgehead atoms. The van der Waals surface area contributed by atoms with Gasteiger partial charge < -0.3 is 4.74 Å². The van der Waals surface area contributed by atoms with Crippen molar-refractivity contribution in [1.29, 1.82) is 0 Å². The number of fused-ring (bicyclic) bond motifs is 1. The molecule has 1 aliphatic heterocycles. The van der Waals surface area contributed by atoms with Gasteiger partial charge in [0.05, 0.1) is 0 Å². The first-order chi connectivity index (χ1) is 8.83. The van der Waals surface area contributed by atoms with Crippen LogP contribution in [0.5, 0.6) is 5.75 Å². The summed E-state index contributed by atoms with van der Waals surface area (Å²) in [4.78, 5) is 1.41. The number of rotatable bonds is 3. The monoisotopic (exact) mass is 256 g/mol. The molecular formula is C16H16OS. The van der Waals surface area contributed by atoms with Crippen LogP contribution in [0.15, 0.2) is 53.4 Å². The Hall–Kier alpha value is -1.41. The Morgan fingerprint density at radius 2 is 1.89 bits per heavy atom. The second-order valence-corrected chi connectivity index (χ2v) is 5.97. The SMILES string of the molecule is Cc1ccccc1OCC1Cc2ccccc2S1. The van der Waals surface area contributed by atoms with Gasteiger partial charge in [-0.3, -0.25) is 0 Å². The van der Waals surface area contributed by atoms with E-state index in [1.807, 2.05) is 30.0 Å². The van der Waals surface area contributed by atoms with Gasteiger partial charge >= 0.3 is 0 Å². The van der Waals surface area contributed by atoms with Crippen LogP contribution >= 0.6 is 11.8 Å². The fraction of sp³-hybridized carbons (Fsp3) is 0.250. The number of hydrogen-bond acceptors (Lipinski definition) is 2. The standard InChI is InChI=1S/C16H16OS/c1-12-6-2-4-8-15(12)17-11-14-10-13-7-3-5-9-16(13)18-14/h2-9,14H,10-11H2,1H3. The minimum Gasteiger partial charge on any atom is -0.492 e. The van der Waals surface area contributed by atoms with E-state index in [1.165, 1.54) is 16.0 Å². The van der Waals surface area contributed by atoms with Gasteiger partial charge in [-0.15, -0.1) is 11.8 Å². The third-order valence-electron chi connectivity index (χ3n) is 3.23. The fourth-order valence-electron chi connectivity index (χ4n) is 2.25. The number of benzene rings is 2. The van der Waals surface area contributed by atoms with E-state index in [1.54, 1.807) is 0 Å². The molecule has 3 rings (SSSR count). The fourth-order valence-corrected chi connectivity index (χ4v) is 3.47. The Bertz CT molecular complexity index is 525. The molecule has 0 fully saturated rings. The molecule has 0 N–H and O–H groups in total. The summed E-state index contributed by atoms with van der Waals surface area (Å²) in [7, 11) is 0. The summed E-state index contributed by atoms with van der Waals surface area (Å²) in [6.07, 6.45) is 1.12. The van der Waals surface area contributed by atoms with Crippen LogP contribution < -0.4 is 4.74 Å². The summed E-state index contributed by atoms with van der Waals surface area (Å²) < 4.78 is 5.93. The van der Waals surface area contributed by atoms with E-state index in [-0.39, 0.29) is 0 Å². The number of para-hydroxylation sites is 1. The summed E-state index contributed by atoms with van der Waals surface area (Å²) in [5, 5.41) is 0.544. The zero-order valence-corrected chi connectivity index (χ0v) is 11.2. The van der Waals surface area contributed by atoms with Crippen molar-refractivity contribution in [1.82, 2.24) is 0 Å². The van der Waals surface area contributed by atoms with Crippen molar-refractivity contribution in [3.8, 4) is 5.75 Å².